The molecule has 1 rings (SSSR count). The first kappa shape index (κ1) is 14.6. The summed E-state index contributed by atoms with van der Waals surface area (Å²) in [5.41, 5.74) is 0.867. The van der Waals surface area contributed by atoms with Crippen LogP contribution in [0.4, 0.5) is 0 Å². The predicted molar refractivity (Wildman–Crippen MR) is 67.8 cm³/mol. The molecule has 0 amide bonds. The maximum atomic E-state index is 11.8. The van der Waals surface area contributed by atoms with Crippen LogP contribution in [0.25, 0.3) is 0 Å². The Kier molecular flexibility index (Phi) is 5.27. The van der Waals surface area contributed by atoms with Crippen molar-refractivity contribution in [1.29, 1.82) is 0 Å². The van der Waals surface area contributed by atoms with Gasteiger partial charge in [-0.05, 0) is 18.1 Å². The second-order valence-corrected chi connectivity index (χ2v) is 6.38. The van der Waals surface area contributed by atoms with Crippen LogP contribution in [-0.2, 0) is 25.8 Å². The van der Waals surface area contributed by atoms with E-state index in [-0.39, 0.29) is 11.5 Å². The summed E-state index contributed by atoms with van der Waals surface area (Å²) in [7, 11) is -2.01. The molecule has 1 unspecified atom stereocenters. The lowest BCUT2D eigenvalue weighted by Gasteiger charge is -2.09. The number of nitrogens with zero attached hydrogens (tertiary/aromatic N) is 1. The van der Waals surface area contributed by atoms with Gasteiger partial charge in [0, 0.05) is 12.4 Å². The minimum absolute atomic E-state index is 0.0139. The van der Waals surface area contributed by atoms with Crippen molar-refractivity contribution >= 4 is 15.8 Å². The highest BCUT2D eigenvalue weighted by molar-refractivity contribution is 7.91. The van der Waals surface area contributed by atoms with Crippen molar-refractivity contribution in [1.82, 2.24) is 4.98 Å². The number of aromatic nitrogens is 1. The molecule has 0 spiro atoms. The number of rotatable bonds is 6. The molecular formula is C12H17NO4S. The van der Waals surface area contributed by atoms with Crippen molar-refractivity contribution in [3.63, 3.8) is 0 Å². The summed E-state index contributed by atoms with van der Waals surface area (Å²) in [6, 6.07) is 3.59. The molecular weight excluding hydrogens is 254 g/mol. The van der Waals surface area contributed by atoms with Crippen LogP contribution in [0.1, 0.15) is 12.5 Å². The van der Waals surface area contributed by atoms with E-state index in [4.69, 9.17) is 0 Å². The van der Waals surface area contributed by atoms with Crippen LogP contribution in [0.15, 0.2) is 24.5 Å². The van der Waals surface area contributed by atoms with Gasteiger partial charge in [0.15, 0.2) is 9.84 Å². The highest BCUT2D eigenvalue weighted by Gasteiger charge is 2.21. The first-order valence-corrected chi connectivity index (χ1v) is 7.44. The summed E-state index contributed by atoms with van der Waals surface area (Å²) in [4.78, 5) is 15.1. The van der Waals surface area contributed by atoms with Crippen LogP contribution >= 0.6 is 0 Å². The van der Waals surface area contributed by atoms with Crippen molar-refractivity contribution < 1.29 is 17.9 Å². The van der Waals surface area contributed by atoms with Crippen LogP contribution in [0.2, 0.25) is 0 Å². The van der Waals surface area contributed by atoms with Crippen LogP contribution < -0.4 is 0 Å². The third kappa shape index (κ3) is 4.83. The van der Waals surface area contributed by atoms with Crippen molar-refractivity contribution in [2.75, 3.05) is 18.6 Å². The van der Waals surface area contributed by atoms with Gasteiger partial charge in [0.05, 0.1) is 24.5 Å². The minimum atomic E-state index is -3.26. The van der Waals surface area contributed by atoms with Gasteiger partial charge < -0.3 is 4.74 Å². The second kappa shape index (κ2) is 6.49. The van der Waals surface area contributed by atoms with Gasteiger partial charge in [-0.1, -0.05) is 13.0 Å². The van der Waals surface area contributed by atoms with E-state index in [1.807, 2.05) is 6.07 Å². The van der Waals surface area contributed by atoms with Gasteiger partial charge in [0.2, 0.25) is 0 Å². The van der Waals surface area contributed by atoms with Crippen LogP contribution in [0.3, 0.4) is 0 Å². The topological polar surface area (TPSA) is 73.3 Å². The average Bonchev–Trinajstić information content (AvgIpc) is 2.36. The van der Waals surface area contributed by atoms with E-state index in [0.717, 1.165) is 5.56 Å². The van der Waals surface area contributed by atoms with Crippen LogP contribution in [0, 0.1) is 5.92 Å². The van der Waals surface area contributed by atoms with E-state index in [9.17, 15) is 13.2 Å². The number of aryl methyl sites for hydroxylation is 1. The molecule has 0 saturated heterocycles. The smallest absolute Gasteiger partial charge is 0.309 e. The largest absolute Gasteiger partial charge is 0.469 e. The lowest BCUT2D eigenvalue weighted by Crippen LogP contribution is -2.24. The molecule has 1 atom stereocenters. The lowest BCUT2D eigenvalue weighted by molar-refractivity contribution is -0.144. The summed E-state index contributed by atoms with van der Waals surface area (Å²) in [6.07, 6.45) is 3.68. The number of methoxy groups -OCH3 is 1. The number of pyridine rings is 1. The Bertz CT molecular complexity index is 484. The monoisotopic (exact) mass is 271 g/mol. The number of sulfone groups is 1. The van der Waals surface area contributed by atoms with Crippen molar-refractivity contribution in [2.45, 2.75) is 13.3 Å². The Hall–Kier alpha value is -1.43. The maximum Gasteiger partial charge on any atom is 0.309 e. The molecule has 1 heterocycles. The minimum Gasteiger partial charge on any atom is -0.469 e. The Morgan fingerprint density at radius 3 is 2.78 bits per heavy atom. The molecule has 0 aliphatic rings. The Labute approximate surface area is 107 Å². The summed E-state index contributed by atoms with van der Waals surface area (Å²) in [6.45, 7) is 1.55. The van der Waals surface area contributed by atoms with E-state index < -0.39 is 21.7 Å². The van der Waals surface area contributed by atoms with Crippen molar-refractivity contribution in [3.8, 4) is 0 Å². The Balaban J connectivity index is 2.53. The molecule has 6 heteroatoms. The molecule has 1 aromatic heterocycles. The molecule has 0 bridgehead atoms. The Morgan fingerprint density at radius 1 is 1.50 bits per heavy atom. The van der Waals surface area contributed by atoms with Gasteiger partial charge in [0.1, 0.15) is 0 Å². The number of ether oxygens (including phenoxy) is 1. The van der Waals surface area contributed by atoms with E-state index >= 15 is 0 Å². The standard InChI is InChI=1S/C12H17NO4S/c1-10(12(14)17-2)9-18(15,16)7-5-11-4-3-6-13-8-11/h3-4,6,8,10H,5,7,9H2,1-2H3. The molecule has 100 valence electrons. The van der Waals surface area contributed by atoms with E-state index in [1.54, 1.807) is 25.4 Å². The maximum absolute atomic E-state index is 11.8. The number of hydrogen-bond donors (Lipinski definition) is 0. The fraction of sp³-hybridized carbons (Fsp3) is 0.500. The van der Waals surface area contributed by atoms with Crippen LogP contribution in [-0.4, -0.2) is 38.0 Å². The molecule has 0 radical (unpaired) electrons. The fourth-order valence-electron chi connectivity index (χ4n) is 1.55. The first-order valence-electron chi connectivity index (χ1n) is 5.62. The summed E-state index contributed by atoms with van der Waals surface area (Å²) >= 11 is 0. The predicted octanol–water partition coefficient (Wildman–Crippen LogP) is 0.848. The van der Waals surface area contributed by atoms with Gasteiger partial charge in [-0.15, -0.1) is 0 Å². The van der Waals surface area contributed by atoms with Gasteiger partial charge in [0.25, 0.3) is 0 Å². The number of carbonyl (C=O) groups is 1. The van der Waals surface area contributed by atoms with Gasteiger partial charge >= 0.3 is 5.97 Å². The molecule has 5 nitrogen and oxygen atoms in total. The Morgan fingerprint density at radius 2 is 2.22 bits per heavy atom. The number of esters is 1. The third-order valence-electron chi connectivity index (χ3n) is 2.53. The van der Waals surface area contributed by atoms with E-state index in [0.29, 0.717) is 6.42 Å². The number of hydrogen-bond acceptors (Lipinski definition) is 5. The van der Waals surface area contributed by atoms with Gasteiger partial charge in [-0.2, -0.15) is 0 Å². The molecule has 0 aliphatic heterocycles. The zero-order valence-electron chi connectivity index (χ0n) is 10.5. The molecule has 0 aliphatic carbocycles. The zero-order chi connectivity index (χ0) is 13.6. The SMILES string of the molecule is COC(=O)C(C)CS(=O)(=O)CCc1cccnc1. The molecule has 18 heavy (non-hydrogen) atoms. The van der Waals surface area contributed by atoms with Gasteiger partial charge in [-0.3, -0.25) is 9.78 Å². The third-order valence-corrected chi connectivity index (χ3v) is 4.37. The normalized spacial score (nSPS) is 13.0. The molecule has 0 saturated carbocycles. The summed E-state index contributed by atoms with van der Waals surface area (Å²) in [5, 5.41) is 0. The summed E-state index contributed by atoms with van der Waals surface area (Å²) in [5.74, 6) is -1.30. The van der Waals surface area contributed by atoms with Crippen LogP contribution in [0.5, 0.6) is 0 Å². The molecule has 0 fully saturated rings. The lowest BCUT2D eigenvalue weighted by atomic mass is 10.2. The van der Waals surface area contributed by atoms with E-state index in [2.05, 4.69) is 9.72 Å². The quantitative estimate of drug-likeness (QED) is 0.717. The number of carbonyl (C=O) groups excluding carboxylic acids is 1. The average molecular weight is 271 g/mol. The highest BCUT2D eigenvalue weighted by Crippen LogP contribution is 2.07. The highest BCUT2D eigenvalue weighted by atomic mass is 32.2. The molecule has 0 aromatic carbocycles. The zero-order valence-corrected chi connectivity index (χ0v) is 11.3. The summed E-state index contributed by atoms with van der Waals surface area (Å²) < 4.78 is 28.1. The fourth-order valence-corrected chi connectivity index (χ4v) is 3.16. The second-order valence-electron chi connectivity index (χ2n) is 4.15. The van der Waals surface area contributed by atoms with Gasteiger partial charge in [-0.25, -0.2) is 8.42 Å². The van der Waals surface area contributed by atoms with Crippen molar-refractivity contribution in [3.05, 3.63) is 30.1 Å². The first-order chi connectivity index (χ1) is 8.44. The molecule has 0 N–H and O–H groups in total. The van der Waals surface area contributed by atoms with E-state index in [1.165, 1.54) is 7.11 Å². The van der Waals surface area contributed by atoms with Crippen molar-refractivity contribution in [2.24, 2.45) is 5.92 Å². The molecule has 1 aromatic rings.